The number of ether oxygens (including phenoxy) is 1. The molecule has 0 bridgehead atoms. The van der Waals surface area contributed by atoms with Gasteiger partial charge in [-0.25, -0.2) is 0 Å². The second-order valence-electron chi connectivity index (χ2n) is 5.79. The lowest BCUT2D eigenvalue weighted by atomic mass is 9.95. The zero-order valence-electron chi connectivity index (χ0n) is 12.2. The van der Waals surface area contributed by atoms with Crippen molar-refractivity contribution in [2.24, 2.45) is 0 Å². The van der Waals surface area contributed by atoms with E-state index >= 15 is 0 Å². The Kier molecular flexibility index (Phi) is 4.08. The van der Waals surface area contributed by atoms with Gasteiger partial charge in [-0.3, -0.25) is 0 Å². The van der Waals surface area contributed by atoms with Crippen LogP contribution < -0.4 is 5.32 Å². The summed E-state index contributed by atoms with van der Waals surface area (Å²) in [7, 11) is 0. The van der Waals surface area contributed by atoms with Crippen molar-refractivity contribution in [2.75, 3.05) is 6.54 Å². The molecule has 0 amide bonds. The summed E-state index contributed by atoms with van der Waals surface area (Å²) in [6.07, 6.45) is 1.59. The largest absolute Gasteiger partial charge is 0.369 e. The van der Waals surface area contributed by atoms with Gasteiger partial charge in [-0.1, -0.05) is 17.7 Å². The van der Waals surface area contributed by atoms with E-state index in [2.05, 4.69) is 52.1 Å². The quantitative estimate of drug-likeness (QED) is 0.821. The van der Waals surface area contributed by atoms with Crippen molar-refractivity contribution >= 4 is 0 Å². The Labute approximate surface area is 111 Å². The first kappa shape index (κ1) is 13.6. The van der Waals surface area contributed by atoms with E-state index in [0.29, 0.717) is 12.1 Å². The summed E-state index contributed by atoms with van der Waals surface area (Å²) in [5, 5.41) is 3.57. The molecular formula is C16H25NO. The maximum atomic E-state index is 6.21. The SMILES string of the molecule is Cc1cc(C)c(C2CNC(C)CC(C)O2)c(C)c1. The van der Waals surface area contributed by atoms with Crippen molar-refractivity contribution in [2.45, 2.75) is 59.3 Å². The fraction of sp³-hybridized carbons (Fsp3) is 0.625. The summed E-state index contributed by atoms with van der Waals surface area (Å²) in [6.45, 7) is 11.9. The summed E-state index contributed by atoms with van der Waals surface area (Å²) in [4.78, 5) is 0. The molecule has 2 nitrogen and oxygen atoms in total. The lowest BCUT2D eigenvalue weighted by Gasteiger charge is -2.23. The molecule has 1 aliphatic heterocycles. The number of aryl methyl sites for hydroxylation is 3. The van der Waals surface area contributed by atoms with Crippen LogP contribution in [0.15, 0.2) is 12.1 Å². The van der Waals surface area contributed by atoms with Crippen LogP contribution in [-0.4, -0.2) is 18.7 Å². The number of benzene rings is 1. The summed E-state index contributed by atoms with van der Waals surface area (Å²) in [5.41, 5.74) is 5.40. The molecule has 0 radical (unpaired) electrons. The van der Waals surface area contributed by atoms with Crippen molar-refractivity contribution in [1.29, 1.82) is 0 Å². The smallest absolute Gasteiger partial charge is 0.0958 e. The molecule has 18 heavy (non-hydrogen) atoms. The highest BCUT2D eigenvalue weighted by Crippen LogP contribution is 2.29. The van der Waals surface area contributed by atoms with Gasteiger partial charge in [0.15, 0.2) is 0 Å². The first-order valence-electron chi connectivity index (χ1n) is 6.94. The Morgan fingerprint density at radius 1 is 1.11 bits per heavy atom. The number of hydrogen-bond donors (Lipinski definition) is 1. The predicted octanol–water partition coefficient (Wildman–Crippen LogP) is 3.44. The van der Waals surface area contributed by atoms with Crippen molar-refractivity contribution < 1.29 is 4.74 Å². The molecular weight excluding hydrogens is 222 g/mol. The Morgan fingerprint density at radius 3 is 2.33 bits per heavy atom. The highest BCUT2D eigenvalue weighted by molar-refractivity contribution is 5.39. The fourth-order valence-electron chi connectivity index (χ4n) is 3.14. The van der Waals surface area contributed by atoms with Crippen molar-refractivity contribution in [3.8, 4) is 0 Å². The topological polar surface area (TPSA) is 21.3 Å². The van der Waals surface area contributed by atoms with Crippen molar-refractivity contribution in [3.63, 3.8) is 0 Å². The third-order valence-electron chi connectivity index (χ3n) is 3.79. The molecule has 1 N–H and O–H groups in total. The molecule has 1 heterocycles. The average Bonchev–Trinajstić information content (AvgIpc) is 2.38. The Morgan fingerprint density at radius 2 is 1.72 bits per heavy atom. The predicted molar refractivity (Wildman–Crippen MR) is 76.0 cm³/mol. The molecule has 0 aromatic heterocycles. The first-order chi connectivity index (χ1) is 8.47. The molecule has 3 unspecified atom stereocenters. The van der Waals surface area contributed by atoms with E-state index in [9.17, 15) is 0 Å². The van der Waals surface area contributed by atoms with Crippen LogP contribution in [0.4, 0.5) is 0 Å². The van der Waals surface area contributed by atoms with Crippen LogP contribution in [0.25, 0.3) is 0 Å². The van der Waals surface area contributed by atoms with Gasteiger partial charge in [0.2, 0.25) is 0 Å². The van der Waals surface area contributed by atoms with Crippen LogP contribution in [-0.2, 0) is 4.74 Å². The lowest BCUT2D eigenvalue weighted by Crippen LogP contribution is -2.28. The molecule has 1 aromatic carbocycles. The van der Waals surface area contributed by atoms with Gasteiger partial charge >= 0.3 is 0 Å². The van der Waals surface area contributed by atoms with Crippen LogP contribution in [0, 0.1) is 20.8 Å². The first-order valence-corrected chi connectivity index (χ1v) is 6.94. The summed E-state index contributed by atoms with van der Waals surface area (Å²) < 4.78 is 6.21. The Balaban J connectivity index is 2.30. The van der Waals surface area contributed by atoms with Gasteiger partial charge in [0.25, 0.3) is 0 Å². The van der Waals surface area contributed by atoms with Gasteiger partial charge in [-0.15, -0.1) is 0 Å². The zero-order valence-corrected chi connectivity index (χ0v) is 12.2. The molecule has 1 fully saturated rings. The Bertz CT molecular complexity index is 404. The van der Waals surface area contributed by atoms with Crippen LogP contribution in [0.2, 0.25) is 0 Å². The van der Waals surface area contributed by atoms with Crippen LogP contribution in [0.3, 0.4) is 0 Å². The Hall–Kier alpha value is -0.860. The summed E-state index contributed by atoms with van der Waals surface area (Å²) in [5.74, 6) is 0. The summed E-state index contributed by atoms with van der Waals surface area (Å²) >= 11 is 0. The molecule has 2 rings (SSSR count). The number of nitrogens with one attached hydrogen (secondary N) is 1. The maximum absolute atomic E-state index is 6.21. The normalized spacial score (nSPS) is 29.1. The van der Waals surface area contributed by atoms with Gasteiger partial charge in [0.1, 0.15) is 0 Å². The minimum atomic E-state index is 0.186. The van der Waals surface area contributed by atoms with Crippen molar-refractivity contribution in [1.82, 2.24) is 5.32 Å². The lowest BCUT2D eigenvalue weighted by molar-refractivity contribution is 0.00655. The van der Waals surface area contributed by atoms with Gasteiger partial charge in [0.05, 0.1) is 12.2 Å². The van der Waals surface area contributed by atoms with Gasteiger partial charge < -0.3 is 10.1 Å². The highest BCUT2D eigenvalue weighted by Gasteiger charge is 2.24. The third kappa shape index (κ3) is 2.93. The van der Waals surface area contributed by atoms with Gasteiger partial charge in [-0.2, -0.15) is 0 Å². The van der Waals surface area contributed by atoms with E-state index < -0.39 is 0 Å². The van der Waals surface area contributed by atoms with Crippen LogP contribution in [0.5, 0.6) is 0 Å². The van der Waals surface area contributed by atoms with Gasteiger partial charge in [-0.05, 0) is 57.7 Å². The number of hydrogen-bond acceptors (Lipinski definition) is 2. The molecule has 0 saturated carbocycles. The van der Waals surface area contributed by atoms with E-state index in [4.69, 9.17) is 4.74 Å². The summed E-state index contributed by atoms with van der Waals surface area (Å²) in [6, 6.07) is 5.05. The zero-order chi connectivity index (χ0) is 13.3. The second-order valence-corrected chi connectivity index (χ2v) is 5.79. The van der Waals surface area contributed by atoms with E-state index in [1.165, 1.54) is 22.3 Å². The van der Waals surface area contributed by atoms with Crippen LogP contribution >= 0.6 is 0 Å². The van der Waals surface area contributed by atoms with E-state index in [-0.39, 0.29) is 6.10 Å². The van der Waals surface area contributed by atoms with Crippen LogP contribution in [0.1, 0.15) is 48.6 Å². The molecule has 1 saturated heterocycles. The van der Waals surface area contributed by atoms with E-state index in [0.717, 1.165) is 13.0 Å². The number of rotatable bonds is 1. The van der Waals surface area contributed by atoms with Gasteiger partial charge in [0, 0.05) is 12.6 Å². The maximum Gasteiger partial charge on any atom is 0.0958 e. The molecule has 0 spiro atoms. The van der Waals surface area contributed by atoms with E-state index in [1.807, 2.05) is 0 Å². The standard InChI is InChI=1S/C16H25NO/c1-10-6-11(2)16(12(3)7-10)15-9-17-13(4)8-14(5)18-15/h6-7,13-15,17H,8-9H2,1-5H3. The molecule has 2 heteroatoms. The molecule has 3 atom stereocenters. The third-order valence-corrected chi connectivity index (χ3v) is 3.79. The highest BCUT2D eigenvalue weighted by atomic mass is 16.5. The van der Waals surface area contributed by atoms with Crippen molar-refractivity contribution in [3.05, 3.63) is 34.4 Å². The molecule has 0 aliphatic carbocycles. The second kappa shape index (κ2) is 5.41. The molecule has 100 valence electrons. The van der Waals surface area contributed by atoms with E-state index in [1.54, 1.807) is 0 Å². The molecule has 1 aliphatic rings. The monoisotopic (exact) mass is 247 g/mol. The minimum absolute atomic E-state index is 0.186. The minimum Gasteiger partial charge on any atom is -0.369 e. The molecule has 1 aromatic rings. The fourth-order valence-corrected chi connectivity index (χ4v) is 3.14. The average molecular weight is 247 g/mol.